The van der Waals surface area contributed by atoms with Gasteiger partial charge in [-0.3, -0.25) is 4.79 Å². The van der Waals surface area contributed by atoms with Crippen molar-refractivity contribution in [2.45, 2.75) is 13.2 Å². The molecule has 1 heterocycles. The second-order valence-corrected chi connectivity index (χ2v) is 5.62. The van der Waals surface area contributed by atoms with Crippen molar-refractivity contribution in [1.82, 2.24) is 14.8 Å². The molecule has 116 valence electrons. The average Bonchev–Trinajstić information content (AvgIpc) is 2.99. The SMILES string of the molecule is O=C(Cn1ncnc1Br)c1ccc(OCc2ccccc2)cc1. The molecule has 0 aliphatic carbocycles. The summed E-state index contributed by atoms with van der Waals surface area (Å²) in [7, 11) is 0. The van der Waals surface area contributed by atoms with Crippen LogP contribution in [0.1, 0.15) is 15.9 Å². The summed E-state index contributed by atoms with van der Waals surface area (Å²) in [6, 6.07) is 17.0. The first-order valence-corrected chi connectivity index (χ1v) is 7.85. The Hall–Kier alpha value is -2.47. The largest absolute Gasteiger partial charge is 0.489 e. The van der Waals surface area contributed by atoms with Crippen molar-refractivity contribution in [1.29, 1.82) is 0 Å². The maximum atomic E-state index is 12.2. The van der Waals surface area contributed by atoms with Crippen LogP contribution in [0.15, 0.2) is 65.7 Å². The Morgan fingerprint density at radius 2 is 1.83 bits per heavy atom. The molecule has 0 fully saturated rings. The maximum absolute atomic E-state index is 12.2. The number of carbonyl (C=O) groups is 1. The van der Waals surface area contributed by atoms with Gasteiger partial charge in [0.15, 0.2) is 10.5 Å². The van der Waals surface area contributed by atoms with Crippen LogP contribution in [0.4, 0.5) is 0 Å². The summed E-state index contributed by atoms with van der Waals surface area (Å²) in [6.07, 6.45) is 1.40. The molecule has 0 radical (unpaired) electrons. The molecular formula is C17H14BrN3O2. The Labute approximate surface area is 142 Å². The van der Waals surface area contributed by atoms with Crippen LogP contribution in [-0.4, -0.2) is 20.5 Å². The third-order valence-electron chi connectivity index (χ3n) is 3.29. The Balaban J connectivity index is 1.60. The van der Waals surface area contributed by atoms with Crippen LogP contribution in [0.5, 0.6) is 5.75 Å². The highest BCUT2D eigenvalue weighted by molar-refractivity contribution is 9.10. The highest BCUT2D eigenvalue weighted by atomic mass is 79.9. The van der Waals surface area contributed by atoms with E-state index in [1.165, 1.54) is 11.0 Å². The molecule has 0 saturated carbocycles. The van der Waals surface area contributed by atoms with Crippen molar-refractivity contribution in [3.8, 4) is 5.75 Å². The van der Waals surface area contributed by atoms with Crippen LogP contribution in [0, 0.1) is 0 Å². The highest BCUT2D eigenvalue weighted by Crippen LogP contribution is 2.15. The fraction of sp³-hybridized carbons (Fsp3) is 0.118. The topological polar surface area (TPSA) is 57.0 Å². The summed E-state index contributed by atoms with van der Waals surface area (Å²) in [5.41, 5.74) is 1.71. The van der Waals surface area contributed by atoms with E-state index in [-0.39, 0.29) is 12.3 Å². The maximum Gasteiger partial charge on any atom is 0.195 e. The molecular weight excluding hydrogens is 358 g/mol. The van der Waals surface area contributed by atoms with Crippen molar-refractivity contribution in [2.75, 3.05) is 0 Å². The van der Waals surface area contributed by atoms with E-state index in [0.717, 1.165) is 11.3 Å². The van der Waals surface area contributed by atoms with Crippen molar-refractivity contribution >= 4 is 21.7 Å². The van der Waals surface area contributed by atoms with Crippen LogP contribution in [0.2, 0.25) is 0 Å². The lowest BCUT2D eigenvalue weighted by Gasteiger charge is -2.07. The predicted octanol–water partition coefficient (Wildman–Crippen LogP) is 3.50. The molecule has 6 heteroatoms. The van der Waals surface area contributed by atoms with Gasteiger partial charge in [-0.05, 0) is 45.8 Å². The fourth-order valence-corrected chi connectivity index (χ4v) is 2.37. The number of hydrogen-bond donors (Lipinski definition) is 0. The molecule has 0 saturated heterocycles. The number of carbonyl (C=O) groups excluding carboxylic acids is 1. The third kappa shape index (κ3) is 4.04. The van der Waals surface area contributed by atoms with E-state index in [9.17, 15) is 4.79 Å². The molecule has 5 nitrogen and oxygen atoms in total. The van der Waals surface area contributed by atoms with E-state index in [0.29, 0.717) is 16.9 Å². The highest BCUT2D eigenvalue weighted by Gasteiger charge is 2.10. The van der Waals surface area contributed by atoms with Gasteiger partial charge in [0, 0.05) is 5.56 Å². The molecule has 3 aromatic rings. The minimum atomic E-state index is -0.0363. The molecule has 0 bridgehead atoms. The first kappa shape index (κ1) is 15.4. The van der Waals surface area contributed by atoms with Gasteiger partial charge in [-0.2, -0.15) is 5.10 Å². The van der Waals surface area contributed by atoms with Crippen LogP contribution >= 0.6 is 15.9 Å². The lowest BCUT2D eigenvalue weighted by molar-refractivity contribution is 0.0966. The third-order valence-corrected chi connectivity index (χ3v) is 3.90. The van der Waals surface area contributed by atoms with E-state index >= 15 is 0 Å². The quantitative estimate of drug-likeness (QED) is 0.622. The predicted molar refractivity (Wildman–Crippen MR) is 89.3 cm³/mol. The molecule has 0 atom stereocenters. The normalized spacial score (nSPS) is 10.5. The average molecular weight is 372 g/mol. The molecule has 0 aliphatic heterocycles. The van der Waals surface area contributed by atoms with Crippen LogP contribution in [0.25, 0.3) is 0 Å². The number of halogens is 1. The fourth-order valence-electron chi connectivity index (χ4n) is 2.06. The molecule has 0 unspecified atom stereocenters. The van der Waals surface area contributed by atoms with Crippen molar-refractivity contribution in [2.24, 2.45) is 0 Å². The van der Waals surface area contributed by atoms with E-state index in [1.54, 1.807) is 24.3 Å². The number of nitrogens with zero attached hydrogens (tertiary/aromatic N) is 3. The number of ether oxygens (including phenoxy) is 1. The standard InChI is InChI=1S/C17H14BrN3O2/c18-17-19-12-20-21(17)10-16(22)14-6-8-15(9-7-14)23-11-13-4-2-1-3-5-13/h1-9,12H,10-11H2. The molecule has 0 aliphatic rings. The first-order chi connectivity index (χ1) is 11.2. The Morgan fingerprint density at radius 3 is 2.48 bits per heavy atom. The minimum absolute atomic E-state index is 0.0363. The summed E-state index contributed by atoms with van der Waals surface area (Å²) in [5, 5.41) is 3.97. The Kier molecular flexibility index (Phi) is 4.83. The van der Waals surface area contributed by atoms with Gasteiger partial charge in [-0.25, -0.2) is 9.67 Å². The zero-order valence-corrected chi connectivity index (χ0v) is 13.8. The van der Waals surface area contributed by atoms with Gasteiger partial charge in [0.1, 0.15) is 25.2 Å². The smallest absolute Gasteiger partial charge is 0.195 e. The van der Waals surface area contributed by atoms with E-state index in [1.807, 2.05) is 30.3 Å². The minimum Gasteiger partial charge on any atom is -0.489 e. The first-order valence-electron chi connectivity index (χ1n) is 7.05. The lowest BCUT2D eigenvalue weighted by Crippen LogP contribution is -2.12. The molecule has 23 heavy (non-hydrogen) atoms. The number of ketones is 1. The second kappa shape index (κ2) is 7.19. The molecule has 0 N–H and O–H groups in total. The number of rotatable bonds is 6. The summed E-state index contributed by atoms with van der Waals surface area (Å²) < 4.78 is 7.74. The lowest BCUT2D eigenvalue weighted by atomic mass is 10.1. The molecule has 3 rings (SSSR count). The summed E-state index contributed by atoms with van der Waals surface area (Å²) >= 11 is 3.24. The van der Waals surface area contributed by atoms with Crippen molar-refractivity contribution in [3.63, 3.8) is 0 Å². The van der Waals surface area contributed by atoms with Crippen molar-refractivity contribution < 1.29 is 9.53 Å². The number of aromatic nitrogens is 3. The van der Waals surface area contributed by atoms with E-state index in [4.69, 9.17) is 4.74 Å². The zero-order valence-electron chi connectivity index (χ0n) is 12.2. The summed E-state index contributed by atoms with van der Waals surface area (Å²) in [6.45, 7) is 0.644. The van der Waals surface area contributed by atoms with Gasteiger partial charge >= 0.3 is 0 Å². The van der Waals surface area contributed by atoms with Crippen LogP contribution < -0.4 is 4.74 Å². The zero-order chi connectivity index (χ0) is 16.1. The molecule has 0 spiro atoms. The molecule has 1 aromatic heterocycles. The summed E-state index contributed by atoms with van der Waals surface area (Å²) in [5.74, 6) is 0.693. The summed E-state index contributed by atoms with van der Waals surface area (Å²) in [4.78, 5) is 16.1. The Bertz CT molecular complexity index is 785. The van der Waals surface area contributed by atoms with Gasteiger partial charge in [0.05, 0.1) is 0 Å². The second-order valence-electron chi connectivity index (χ2n) is 4.91. The van der Waals surface area contributed by atoms with Gasteiger partial charge in [-0.15, -0.1) is 0 Å². The van der Waals surface area contributed by atoms with Crippen LogP contribution in [0.3, 0.4) is 0 Å². The van der Waals surface area contributed by atoms with Gasteiger partial charge in [0.25, 0.3) is 0 Å². The van der Waals surface area contributed by atoms with E-state index in [2.05, 4.69) is 26.0 Å². The van der Waals surface area contributed by atoms with Gasteiger partial charge < -0.3 is 4.74 Å². The van der Waals surface area contributed by atoms with Crippen LogP contribution in [-0.2, 0) is 13.2 Å². The number of benzene rings is 2. The molecule has 2 aromatic carbocycles. The Morgan fingerprint density at radius 1 is 1.09 bits per heavy atom. The number of hydrogen-bond acceptors (Lipinski definition) is 4. The van der Waals surface area contributed by atoms with Gasteiger partial charge in [0.2, 0.25) is 0 Å². The molecule has 0 amide bonds. The monoisotopic (exact) mass is 371 g/mol. The van der Waals surface area contributed by atoms with E-state index < -0.39 is 0 Å². The number of Topliss-reactive ketones (excluding diaryl/α,β-unsaturated/α-hetero) is 1. The van der Waals surface area contributed by atoms with Gasteiger partial charge in [-0.1, -0.05) is 30.3 Å². The van der Waals surface area contributed by atoms with Crippen molar-refractivity contribution in [3.05, 3.63) is 76.8 Å².